The number of aromatic nitrogens is 2. The summed E-state index contributed by atoms with van der Waals surface area (Å²) in [5.41, 5.74) is -0.311. The monoisotopic (exact) mass is 336 g/mol. The third kappa shape index (κ3) is 3.78. The molecule has 9 nitrogen and oxygen atoms in total. The molecule has 0 saturated carbocycles. The highest BCUT2D eigenvalue weighted by Crippen LogP contribution is 2.27. The number of benzene rings is 1. The molecule has 0 radical (unpaired) electrons. The fourth-order valence-electron chi connectivity index (χ4n) is 1.62. The number of aromatic amines is 1. The average Bonchev–Trinajstić information content (AvgIpc) is 3.00. The second-order valence-corrected chi connectivity index (χ2v) is 6.06. The van der Waals surface area contributed by atoms with Crippen molar-refractivity contribution >= 4 is 21.7 Å². The minimum absolute atomic E-state index is 0.112. The number of para-hydroxylation sites is 2. The van der Waals surface area contributed by atoms with Gasteiger partial charge in [0.2, 0.25) is 0 Å². The van der Waals surface area contributed by atoms with E-state index in [0.29, 0.717) is 0 Å². The Bertz CT molecular complexity index is 868. The molecule has 2 aromatic rings. The van der Waals surface area contributed by atoms with Gasteiger partial charge in [0.15, 0.2) is 16.8 Å². The lowest BCUT2D eigenvalue weighted by atomic mass is 10.3. The van der Waals surface area contributed by atoms with Crippen LogP contribution in [-0.2, 0) is 10.0 Å². The van der Waals surface area contributed by atoms with Crippen LogP contribution < -0.4 is 9.46 Å². The van der Waals surface area contributed by atoms with Crippen LogP contribution in [0.4, 0.5) is 5.69 Å². The van der Waals surface area contributed by atoms with Crippen molar-refractivity contribution in [3.63, 3.8) is 0 Å². The summed E-state index contributed by atoms with van der Waals surface area (Å²) in [6.45, 7) is 1.51. The molecule has 23 heavy (non-hydrogen) atoms. The lowest BCUT2D eigenvalue weighted by molar-refractivity contribution is 0.0690. The Morgan fingerprint density at radius 2 is 2.17 bits per heavy atom. The van der Waals surface area contributed by atoms with E-state index in [1.54, 1.807) is 12.1 Å². The third-order valence-electron chi connectivity index (χ3n) is 2.68. The molecule has 0 amide bonds. The zero-order valence-electron chi connectivity index (χ0n) is 11.8. The van der Waals surface area contributed by atoms with E-state index >= 15 is 0 Å². The zero-order valence-corrected chi connectivity index (χ0v) is 12.7. The van der Waals surface area contributed by atoms with E-state index in [9.17, 15) is 13.2 Å². The number of carbonyl (C=O) groups is 1. The molecule has 1 unspecified atom stereocenters. The number of carboxylic acid groups (broad SMARTS) is 1. The Labute approximate surface area is 131 Å². The van der Waals surface area contributed by atoms with Crippen molar-refractivity contribution < 1.29 is 23.1 Å². The van der Waals surface area contributed by atoms with E-state index in [0.717, 1.165) is 6.07 Å². The Balaban J connectivity index is 2.30. The number of aromatic carboxylic acids is 1. The number of rotatable bonds is 6. The highest BCUT2D eigenvalue weighted by Gasteiger charge is 2.21. The second-order valence-electron chi connectivity index (χ2n) is 4.41. The number of hydrogen-bond donors (Lipinski definition) is 3. The van der Waals surface area contributed by atoms with E-state index in [2.05, 4.69) is 14.9 Å². The summed E-state index contributed by atoms with van der Waals surface area (Å²) in [6.07, 6.45) is -0.772. The SMILES string of the molecule is CC(C#N)Oc1ccccc1NS(=O)(=O)c1cc(C(=O)O)n[nH]1. The van der Waals surface area contributed by atoms with Crippen LogP contribution in [0.5, 0.6) is 5.75 Å². The van der Waals surface area contributed by atoms with Crippen LogP contribution in [0.2, 0.25) is 0 Å². The smallest absolute Gasteiger partial charge is 0.356 e. The number of sulfonamides is 1. The molecule has 2 rings (SSSR count). The number of carboxylic acids is 1. The number of nitrogens with zero attached hydrogens (tertiary/aromatic N) is 2. The molecule has 0 saturated heterocycles. The summed E-state index contributed by atoms with van der Waals surface area (Å²) in [5.74, 6) is -1.18. The number of ether oxygens (including phenoxy) is 1. The first kappa shape index (κ1) is 16.3. The molecule has 1 aromatic heterocycles. The minimum Gasteiger partial charge on any atom is -0.476 e. The topological polar surface area (TPSA) is 145 Å². The number of H-pyrrole nitrogens is 1. The summed E-state index contributed by atoms with van der Waals surface area (Å²) < 4.78 is 32.1. The van der Waals surface area contributed by atoms with Crippen molar-refractivity contribution in [2.75, 3.05) is 4.72 Å². The van der Waals surface area contributed by atoms with Gasteiger partial charge in [-0.2, -0.15) is 18.8 Å². The number of nitrogens with one attached hydrogen (secondary N) is 2. The standard InChI is InChI=1S/C13H12N4O5S/c1-8(7-14)22-11-5-3-2-4-9(11)17-23(20,21)12-6-10(13(18)19)15-16-12/h2-6,8,17H,1H3,(H,15,16)(H,18,19). The van der Waals surface area contributed by atoms with Crippen molar-refractivity contribution in [3.8, 4) is 11.8 Å². The van der Waals surface area contributed by atoms with Crippen molar-refractivity contribution in [1.82, 2.24) is 10.2 Å². The van der Waals surface area contributed by atoms with Gasteiger partial charge >= 0.3 is 5.97 Å². The normalized spacial score (nSPS) is 12.2. The maximum Gasteiger partial charge on any atom is 0.356 e. The maximum absolute atomic E-state index is 12.2. The van der Waals surface area contributed by atoms with E-state index < -0.39 is 32.8 Å². The van der Waals surface area contributed by atoms with Crippen molar-refractivity contribution in [1.29, 1.82) is 5.26 Å². The Hall–Kier alpha value is -3.06. The van der Waals surface area contributed by atoms with Crippen LogP contribution >= 0.6 is 0 Å². The largest absolute Gasteiger partial charge is 0.476 e. The molecule has 0 aliphatic carbocycles. The molecule has 0 bridgehead atoms. The number of nitriles is 1. The van der Waals surface area contributed by atoms with Gasteiger partial charge in [0.25, 0.3) is 10.0 Å². The van der Waals surface area contributed by atoms with Crippen molar-refractivity contribution in [3.05, 3.63) is 36.0 Å². The molecule has 120 valence electrons. The maximum atomic E-state index is 12.2. The highest BCUT2D eigenvalue weighted by molar-refractivity contribution is 7.92. The average molecular weight is 336 g/mol. The molecule has 0 spiro atoms. The predicted octanol–water partition coefficient (Wildman–Crippen LogP) is 1.20. The molecule has 0 aliphatic rings. The fraction of sp³-hybridized carbons (Fsp3) is 0.154. The minimum atomic E-state index is -4.09. The molecule has 1 atom stereocenters. The molecule has 1 aromatic carbocycles. The Morgan fingerprint density at radius 1 is 1.48 bits per heavy atom. The third-order valence-corrected chi connectivity index (χ3v) is 3.96. The Kier molecular flexibility index (Phi) is 4.52. The van der Waals surface area contributed by atoms with Crippen LogP contribution in [0.1, 0.15) is 17.4 Å². The lowest BCUT2D eigenvalue weighted by Crippen LogP contribution is -2.16. The predicted molar refractivity (Wildman–Crippen MR) is 78.5 cm³/mol. The molecular formula is C13H12N4O5S. The quantitative estimate of drug-likeness (QED) is 0.718. The van der Waals surface area contributed by atoms with Crippen LogP contribution in [0.25, 0.3) is 0 Å². The molecule has 0 aliphatic heterocycles. The summed E-state index contributed by atoms with van der Waals surface area (Å²) in [4.78, 5) is 10.8. The number of anilines is 1. The Morgan fingerprint density at radius 3 is 2.78 bits per heavy atom. The first-order chi connectivity index (χ1) is 10.8. The van der Waals surface area contributed by atoms with Gasteiger partial charge in [0.05, 0.1) is 5.69 Å². The summed E-state index contributed by atoms with van der Waals surface area (Å²) in [7, 11) is -4.09. The van der Waals surface area contributed by atoms with Gasteiger partial charge in [0.1, 0.15) is 11.8 Å². The first-order valence-corrected chi connectivity index (χ1v) is 7.78. The van der Waals surface area contributed by atoms with Gasteiger partial charge in [-0.15, -0.1) is 0 Å². The van der Waals surface area contributed by atoms with Gasteiger partial charge in [-0.1, -0.05) is 12.1 Å². The molecule has 3 N–H and O–H groups in total. The van der Waals surface area contributed by atoms with Crippen molar-refractivity contribution in [2.45, 2.75) is 18.1 Å². The molecule has 10 heteroatoms. The fourth-order valence-corrected chi connectivity index (χ4v) is 2.62. The first-order valence-electron chi connectivity index (χ1n) is 6.30. The second kappa shape index (κ2) is 6.37. The molecular weight excluding hydrogens is 324 g/mol. The van der Waals surface area contributed by atoms with Crippen LogP contribution in [0, 0.1) is 11.3 Å². The number of hydrogen-bond acceptors (Lipinski definition) is 6. The van der Waals surface area contributed by atoms with Gasteiger partial charge < -0.3 is 9.84 Å². The summed E-state index contributed by atoms with van der Waals surface area (Å²) >= 11 is 0. The van der Waals surface area contributed by atoms with Crippen LogP contribution in [0.15, 0.2) is 35.4 Å². The van der Waals surface area contributed by atoms with Gasteiger partial charge in [0, 0.05) is 6.07 Å². The highest BCUT2D eigenvalue weighted by atomic mass is 32.2. The van der Waals surface area contributed by atoms with E-state index in [1.165, 1.54) is 19.1 Å². The van der Waals surface area contributed by atoms with Crippen LogP contribution in [-0.4, -0.2) is 35.8 Å². The van der Waals surface area contributed by atoms with Gasteiger partial charge in [-0.25, -0.2) is 4.79 Å². The lowest BCUT2D eigenvalue weighted by Gasteiger charge is -2.13. The van der Waals surface area contributed by atoms with E-state index in [-0.39, 0.29) is 11.4 Å². The van der Waals surface area contributed by atoms with Gasteiger partial charge in [-0.05, 0) is 19.1 Å². The van der Waals surface area contributed by atoms with E-state index in [4.69, 9.17) is 15.1 Å². The molecule has 1 heterocycles. The molecule has 0 fully saturated rings. The summed E-state index contributed by atoms with van der Waals surface area (Å²) in [6, 6.07) is 8.92. The van der Waals surface area contributed by atoms with E-state index in [1.807, 2.05) is 6.07 Å². The zero-order chi connectivity index (χ0) is 17.0. The van der Waals surface area contributed by atoms with Gasteiger partial charge in [-0.3, -0.25) is 9.82 Å². The van der Waals surface area contributed by atoms with Crippen molar-refractivity contribution in [2.24, 2.45) is 0 Å². The van der Waals surface area contributed by atoms with Crippen LogP contribution in [0.3, 0.4) is 0 Å². The summed E-state index contributed by atoms with van der Waals surface area (Å²) in [5, 5.41) is 22.7.